The SMILES string of the molecule is C=COc1cc(CCCCC)cc(OC(=NC)NCCCO)c1C1C=C(C)CCC1. The van der Waals surface area contributed by atoms with E-state index in [2.05, 4.69) is 48.9 Å². The largest absolute Gasteiger partial charge is 0.465 e. The molecule has 0 aromatic heterocycles. The summed E-state index contributed by atoms with van der Waals surface area (Å²) < 4.78 is 12.2. The van der Waals surface area contributed by atoms with E-state index in [1.165, 1.54) is 30.2 Å². The van der Waals surface area contributed by atoms with Gasteiger partial charge in [-0.3, -0.25) is 0 Å². The second kappa shape index (κ2) is 13.1. The standard InChI is InChI=1S/C25H38N2O3/c1-5-7-8-12-20-17-22(29-6-2)24(21-13-9-11-19(3)16-21)23(18-20)30-25(26-4)27-14-10-15-28/h6,16-18,21,28H,2,5,7-15H2,1,3-4H3,(H,26,27). The molecule has 2 rings (SSSR count). The van der Waals surface area contributed by atoms with Gasteiger partial charge in [-0.25, -0.2) is 4.99 Å². The van der Waals surface area contributed by atoms with Crippen molar-refractivity contribution in [3.8, 4) is 11.5 Å². The summed E-state index contributed by atoms with van der Waals surface area (Å²) in [5.74, 6) is 1.84. The molecule has 0 radical (unpaired) electrons. The van der Waals surface area contributed by atoms with Crippen LogP contribution in [0.15, 0.2) is 41.6 Å². The number of allylic oxidation sites excluding steroid dienone is 2. The van der Waals surface area contributed by atoms with Crippen LogP contribution in [0.1, 0.15) is 75.8 Å². The number of rotatable bonds is 11. The molecule has 0 spiro atoms. The number of aliphatic imine (C=N–C) groups is 1. The Balaban J connectivity index is 2.44. The van der Waals surface area contributed by atoms with E-state index in [1.54, 1.807) is 7.05 Å². The fourth-order valence-electron chi connectivity index (χ4n) is 3.89. The number of nitrogens with zero attached hydrogens (tertiary/aromatic N) is 1. The Labute approximate surface area is 181 Å². The van der Waals surface area contributed by atoms with Gasteiger partial charge < -0.3 is 19.9 Å². The molecule has 166 valence electrons. The van der Waals surface area contributed by atoms with Gasteiger partial charge in [0.1, 0.15) is 11.5 Å². The lowest BCUT2D eigenvalue weighted by atomic mass is 9.84. The van der Waals surface area contributed by atoms with Gasteiger partial charge in [0.15, 0.2) is 0 Å². The van der Waals surface area contributed by atoms with Crippen LogP contribution < -0.4 is 14.8 Å². The Morgan fingerprint density at radius 2 is 2.10 bits per heavy atom. The first-order chi connectivity index (χ1) is 14.6. The topological polar surface area (TPSA) is 63.1 Å². The predicted octanol–water partition coefficient (Wildman–Crippen LogP) is 5.49. The van der Waals surface area contributed by atoms with Crippen molar-refractivity contribution >= 4 is 6.02 Å². The predicted molar refractivity (Wildman–Crippen MR) is 125 cm³/mol. The van der Waals surface area contributed by atoms with Gasteiger partial charge in [-0.2, -0.15) is 0 Å². The third-order valence-corrected chi connectivity index (χ3v) is 5.41. The van der Waals surface area contributed by atoms with Gasteiger partial charge in [0, 0.05) is 31.7 Å². The molecule has 0 aliphatic heterocycles. The molecule has 1 atom stereocenters. The summed E-state index contributed by atoms with van der Waals surface area (Å²) >= 11 is 0. The molecule has 30 heavy (non-hydrogen) atoms. The highest BCUT2D eigenvalue weighted by Crippen LogP contribution is 2.43. The number of aliphatic hydroxyl groups is 1. The maximum absolute atomic E-state index is 9.06. The van der Waals surface area contributed by atoms with E-state index in [-0.39, 0.29) is 12.5 Å². The number of amidine groups is 1. The minimum Gasteiger partial charge on any atom is -0.465 e. The maximum Gasteiger partial charge on any atom is 0.289 e. The molecule has 0 amide bonds. The summed E-state index contributed by atoms with van der Waals surface area (Å²) in [5, 5.41) is 12.2. The van der Waals surface area contributed by atoms with Crippen molar-refractivity contribution < 1.29 is 14.6 Å². The van der Waals surface area contributed by atoms with Crippen LogP contribution in [0.25, 0.3) is 0 Å². The van der Waals surface area contributed by atoms with Gasteiger partial charge in [0.2, 0.25) is 0 Å². The van der Waals surface area contributed by atoms with Crippen LogP contribution in [0.2, 0.25) is 0 Å². The summed E-state index contributed by atoms with van der Waals surface area (Å²) in [7, 11) is 1.71. The number of ether oxygens (including phenoxy) is 2. The molecule has 0 bridgehead atoms. The molecule has 0 heterocycles. The molecule has 1 aliphatic carbocycles. The summed E-state index contributed by atoms with van der Waals surface area (Å²) in [6.07, 6.45) is 12.3. The summed E-state index contributed by atoms with van der Waals surface area (Å²) in [5.41, 5.74) is 3.65. The average Bonchev–Trinajstić information content (AvgIpc) is 2.73. The molecule has 1 aliphatic rings. The molecule has 5 heteroatoms. The molecule has 0 saturated heterocycles. The van der Waals surface area contributed by atoms with Crippen molar-refractivity contribution in [2.45, 2.75) is 71.1 Å². The number of hydrogen-bond acceptors (Lipinski definition) is 4. The zero-order valence-corrected chi connectivity index (χ0v) is 18.9. The molecule has 0 fully saturated rings. The van der Waals surface area contributed by atoms with E-state index in [0.717, 1.165) is 49.2 Å². The zero-order valence-electron chi connectivity index (χ0n) is 18.9. The Kier molecular flexibility index (Phi) is 10.5. The lowest BCUT2D eigenvalue weighted by Gasteiger charge is -2.25. The lowest BCUT2D eigenvalue weighted by molar-refractivity contribution is 0.288. The third-order valence-electron chi connectivity index (χ3n) is 5.41. The van der Waals surface area contributed by atoms with Crippen LogP contribution in [0.5, 0.6) is 11.5 Å². The van der Waals surface area contributed by atoms with Gasteiger partial charge in [0.25, 0.3) is 6.02 Å². The number of unbranched alkanes of at least 4 members (excludes halogenated alkanes) is 2. The first-order valence-corrected chi connectivity index (χ1v) is 11.2. The summed E-state index contributed by atoms with van der Waals surface area (Å²) in [4.78, 5) is 4.26. The molecular formula is C25H38N2O3. The molecule has 1 unspecified atom stereocenters. The second-order valence-corrected chi connectivity index (χ2v) is 7.89. The van der Waals surface area contributed by atoms with Crippen LogP contribution in [0.3, 0.4) is 0 Å². The molecule has 2 N–H and O–H groups in total. The summed E-state index contributed by atoms with van der Waals surface area (Å²) in [6, 6.07) is 4.73. The Bertz CT molecular complexity index is 740. The smallest absolute Gasteiger partial charge is 0.289 e. The van der Waals surface area contributed by atoms with Crippen molar-refractivity contribution in [3.05, 3.63) is 47.7 Å². The monoisotopic (exact) mass is 414 g/mol. The van der Waals surface area contributed by atoms with Gasteiger partial charge in [-0.15, -0.1) is 0 Å². The number of hydrogen-bond donors (Lipinski definition) is 2. The van der Waals surface area contributed by atoms with Gasteiger partial charge >= 0.3 is 0 Å². The zero-order chi connectivity index (χ0) is 21.8. The Hall–Kier alpha value is -2.27. The fourth-order valence-corrected chi connectivity index (χ4v) is 3.89. The Morgan fingerprint density at radius 1 is 1.30 bits per heavy atom. The van der Waals surface area contributed by atoms with E-state index in [1.807, 2.05) is 0 Å². The van der Waals surface area contributed by atoms with Crippen molar-refractivity contribution in [3.63, 3.8) is 0 Å². The highest BCUT2D eigenvalue weighted by molar-refractivity contribution is 5.77. The van der Waals surface area contributed by atoms with E-state index in [4.69, 9.17) is 14.6 Å². The molecule has 1 aromatic carbocycles. The van der Waals surface area contributed by atoms with E-state index < -0.39 is 0 Å². The average molecular weight is 415 g/mol. The normalized spacial score (nSPS) is 16.7. The fraction of sp³-hybridized carbons (Fsp3) is 0.560. The first kappa shape index (κ1) is 24.0. The van der Waals surface area contributed by atoms with Crippen molar-refractivity contribution in [2.75, 3.05) is 20.2 Å². The van der Waals surface area contributed by atoms with Crippen LogP contribution in [0, 0.1) is 0 Å². The van der Waals surface area contributed by atoms with Gasteiger partial charge in [-0.05, 0) is 63.1 Å². The van der Waals surface area contributed by atoms with Crippen molar-refractivity contribution in [2.24, 2.45) is 4.99 Å². The minimum absolute atomic E-state index is 0.131. The Morgan fingerprint density at radius 3 is 2.77 bits per heavy atom. The quantitative estimate of drug-likeness (QED) is 0.165. The third kappa shape index (κ3) is 7.21. The second-order valence-electron chi connectivity index (χ2n) is 7.89. The number of benzene rings is 1. The lowest BCUT2D eigenvalue weighted by Crippen LogP contribution is -2.30. The van der Waals surface area contributed by atoms with Gasteiger partial charge in [0.05, 0.1) is 6.26 Å². The van der Waals surface area contributed by atoms with E-state index in [0.29, 0.717) is 19.0 Å². The minimum atomic E-state index is 0.131. The first-order valence-electron chi connectivity index (χ1n) is 11.2. The van der Waals surface area contributed by atoms with Crippen LogP contribution >= 0.6 is 0 Å². The maximum atomic E-state index is 9.06. The van der Waals surface area contributed by atoms with Crippen molar-refractivity contribution in [1.29, 1.82) is 0 Å². The summed E-state index contributed by atoms with van der Waals surface area (Å²) in [6.45, 7) is 8.92. The molecular weight excluding hydrogens is 376 g/mol. The van der Waals surface area contributed by atoms with Crippen molar-refractivity contribution in [1.82, 2.24) is 5.32 Å². The highest BCUT2D eigenvalue weighted by atomic mass is 16.5. The molecule has 0 saturated carbocycles. The van der Waals surface area contributed by atoms with Crippen LogP contribution in [0.4, 0.5) is 0 Å². The molecule has 1 aromatic rings. The van der Waals surface area contributed by atoms with Gasteiger partial charge in [-0.1, -0.05) is 38.0 Å². The van der Waals surface area contributed by atoms with Crippen LogP contribution in [-0.4, -0.2) is 31.3 Å². The highest BCUT2D eigenvalue weighted by Gasteiger charge is 2.24. The van der Waals surface area contributed by atoms with E-state index in [9.17, 15) is 0 Å². The number of aliphatic hydroxyl groups excluding tert-OH is 1. The molecule has 5 nitrogen and oxygen atoms in total. The van der Waals surface area contributed by atoms with E-state index >= 15 is 0 Å². The van der Waals surface area contributed by atoms with Crippen LogP contribution in [-0.2, 0) is 6.42 Å². The number of aryl methyl sites for hydroxylation is 1. The number of nitrogens with one attached hydrogen (secondary N) is 1.